The zero-order valence-electron chi connectivity index (χ0n) is 14.0. The number of carbonyl (C=O) groups excluding carboxylic acids is 2. The van der Waals surface area contributed by atoms with Crippen LogP contribution in [0.1, 0.15) is 23.0 Å². The first-order chi connectivity index (χ1) is 12.6. The van der Waals surface area contributed by atoms with Crippen LogP contribution in [0.4, 0.5) is 18.0 Å². The molecule has 0 spiro atoms. The second kappa shape index (κ2) is 6.76. The van der Waals surface area contributed by atoms with Crippen LogP contribution in [0.15, 0.2) is 30.3 Å². The van der Waals surface area contributed by atoms with E-state index in [9.17, 15) is 22.8 Å². The van der Waals surface area contributed by atoms with Crippen molar-refractivity contribution in [1.82, 2.24) is 20.0 Å². The van der Waals surface area contributed by atoms with Gasteiger partial charge in [-0.05, 0) is 23.8 Å². The number of halogens is 4. The molecular weight excluding hydrogens is 387 g/mol. The minimum absolute atomic E-state index is 0.00687. The van der Waals surface area contributed by atoms with Gasteiger partial charge in [-0.25, -0.2) is 4.79 Å². The van der Waals surface area contributed by atoms with Gasteiger partial charge in [0.15, 0.2) is 0 Å². The Morgan fingerprint density at radius 2 is 2.00 bits per heavy atom. The topological polar surface area (TPSA) is 93.2 Å². The van der Waals surface area contributed by atoms with Crippen LogP contribution in [0, 0.1) is 0 Å². The van der Waals surface area contributed by atoms with Crippen molar-refractivity contribution in [2.75, 3.05) is 6.54 Å². The smallest absolute Gasteiger partial charge is 0.368 e. The summed E-state index contributed by atoms with van der Waals surface area (Å²) in [7, 11) is 1.17. The van der Waals surface area contributed by atoms with Gasteiger partial charge >= 0.3 is 12.2 Å². The summed E-state index contributed by atoms with van der Waals surface area (Å²) in [5, 5.41) is 6.79. The van der Waals surface area contributed by atoms with Crippen molar-refractivity contribution < 1.29 is 22.8 Å². The van der Waals surface area contributed by atoms with Crippen molar-refractivity contribution in [3.05, 3.63) is 52.3 Å². The van der Waals surface area contributed by atoms with Gasteiger partial charge in [-0.15, -0.1) is 0 Å². The first-order valence-corrected chi connectivity index (χ1v) is 8.18. The number of nitrogens with one attached hydrogen (secondary N) is 1. The molecule has 1 unspecified atom stereocenters. The molecule has 2 heterocycles. The number of hydrogen-bond acceptors (Lipinski definition) is 3. The molecule has 0 aliphatic carbocycles. The van der Waals surface area contributed by atoms with E-state index in [0.29, 0.717) is 15.3 Å². The molecule has 1 aromatic carbocycles. The van der Waals surface area contributed by atoms with Crippen LogP contribution in [-0.4, -0.2) is 39.2 Å². The van der Waals surface area contributed by atoms with Crippen molar-refractivity contribution in [2.45, 2.75) is 18.3 Å². The van der Waals surface area contributed by atoms with E-state index in [1.165, 1.54) is 11.9 Å². The normalized spacial score (nSPS) is 18.5. The molecular formula is C16H15ClF3N5O2. The second-order valence-corrected chi connectivity index (χ2v) is 6.52. The van der Waals surface area contributed by atoms with Gasteiger partial charge in [0.05, 0.1) is 12.2 Å². The highest BCUT2D eigenvalue weighted by atomic mass is 35.5. The fraction of sp³-hybridized carbons (Fsp3) is 0.312. The standard InChI is InChI=1S/C16H15ClF3N5O2/c1-24-12(16(18,19)20)6-10(23-24)13(8-2-4-9(17)5-3-8)25-7-11(14(21)26)22-15(25)27/h2-6,11,13H,7H2,1H3,(H2,21,26)(H,22,27)/t11?,13-/m0/s1. The van der Waals surface area contributed by atoms with Gasteiger partial charge < -0.3 is 16.0 Å². The van der Waals surface area contributed by atoms with Crippen LogP contribution in [0.2, 0.25) is 5.02 Å². The zero-order chi connectivity index (χ0) is 19.9. The highest BCUT2D eigenvalue weighted by Crippen LogP contribution is 2.35. The van der Waals surface area contributed by atoms with Crippen LogP contribution < -0.4 is 11.1 Å². The van der Waals surface area contributed by atoms with E-state index in [1.54, 1.807) is 24.3 Å². The maximum absolute atomic E-state index is 13.2. The quantitative estimate of drug-likeness (QED) is 0.821. The number of primary amides is 1. The lowest BCUT2D eigenvalue weighted by molar-refractivity contribution is -0.143. The Labute approximate surface area is 156 Å². The average molecular weight is 402 g/mol. The maximum Gasteiger partial charge on any atom is 0.433 e. The van der Waals surface area contributed by atoms with Gasteiger partial charge in [0.25, 0.3) is 0 Å². The SMILES string of the molecule is Cn1nc([C@H](c2ccc(Cl)cc2)N2CC(C(N)=O)NC2=O)cc1C(F)(F)F. The number of nitrogens with zero attached hydrogens (tertiary/aromatic N) is 3. The van der Waals surface area contributed by atoms with Crippen LogP contribution >= 0.6 is 11.6 Å². The van der Waals surface area contributed by atoms with Crippen molar-refractivity contribution >= 4 is 23.5 Å². The van der Waals surface area contributed by atoms with Gasteiger partial charge in [-0.2, -0.15) is 18.3 Å². The molecule has 3 amide bonds. The summed E-state index contributed by atoms with van der Waals surface area (Å²) in [5.41, 5.74) is 4.78. The molecule has 1 aliphatic heterocycles. The average Bonchev–Trinajstić information content (AvgIpc) is 3.13. The molecule has 0 bridgehead atoms. The summed E-state index contributed by atoms with van der Waals surface area (Å²) < 4.78 is 40.2. The molecule has 2 aromatic rings. The van der Waals surface area contributed by atoms with Crippen molar-refractivity contribution in [2.24, 2.45) is 12.8 Å². The van der Waals surface area contributed by atoms with Crippen molar-refractivity contribution in [1.29, 1.82) is 0 Å². The summed E-state index contributed by atoms with van der Waals surface area (Å²) in [6.45, 7) is -0.0978. The third kappa shape index (κ3) is 3.70. The summed E-state index contributed by atoms with van der Waals surface area (Å²) in [6, 6.07) is 4.63. The van der Waals surface area contributed by atoms with E-state index >= 15 is 0 Å². The highest BCUT2D eigenvalue weighted by Gasteiger charge is 2.41. The molecule has 27 heavy (non-hydrogen) atoms. The molecule has 0 saturated carbocycles. The largest absolute Gasteiger partial charge is 0.433 e. The number of aromatic nitrogens is 2. The molecule has 7 nitrogen and oxygen atoms in total. The van der Waals surface area contributed by atoms with E-state index < -0.39 is 35.9 Å². The van der Waals surface area contributed by atoms with E-state index in [4.69, 9.17) is 17.3 Å². The first kappa shape index (κ1) is 19.0. The molecule has 0 radical (unpaired) electrons. The number of nitrogens with two attached hydrogens (primary N) is 1. The van der Waals surface area contributed by atoms with Gasteiger partial charge in [-0.3, -0.25) is 9.48 Å². The Morgan fingerprint density at radius 1 is 1.37 bits per heavy atom. The molecule has 3 rings (SSSR count). The Morgan fingerprint density at radius 3 is 2.48 bits per heavy atom. The third-order valence-electron chi connectivity index (χ3n) is 4.25. The lowest BCUT2D eigenvalue weighted by Crippen LogP contribution is -2.39. The molecule has 1 fully saturated rings. The van der Waals surface area contributed by atoms with Crippen LogP contribution in [0.25, 0.3) is 0 Å². The lowest BCUT2D eigenvalue weighted by Gasteiger charge is -2.26. The molecule has 1 saturated heterocycles. The number of aryl methyl sites for hydroxylation is 1. The minimum Gasteiger partial charge on any atom is -0.368 e. The van der Waals surface area contributed by atoms with E-state index in [1.807, 2.05) is 0 Å². The minimum atomic E-state index is -4.60. The predicted octanol–water partition coefficient (Wildman–Crippen LogP) is 2.06. The monoisotopic (exact) mass is 401 g/mol. The zero-order valence-corrected chi connectivity index (χ0v) is 14.8. The first-order valence-electron chi connectivity index (χ1n) is 7.81. The summed E-state index contributed by atoms with van der Waals surface area (Å²) in [4.78, 5) is 25.0. The Hall–Kier alpha value is -2.75. The molecule has 1 aromatic heterocycles. The lowest BCUT2D eigenvalue weighted by atomic mass is 10.0. The number of hydrogen-bond donors (Lipinski definition) is 2. The number of urea groups is 1. The fourth-order valence-corrected chi connectivity index (χ4v) is 3.11. The van der Waals surface area contributed by atoms with Crippen molar-refractivity contribution in [3.63, 3.8) is 0 Å². The number of amides is 3. The molecule has 2 atom stereocenters. The number of benzene rings is 1. The predicted molar refractivity (Wildman–Crippen MR) is 89.7 cm³/mol. The van der Waals surface area contributed by atoms with E-state index in [-0.39, 0.29) is 12.2 Å². The van der Waals surface area contributed by atoms with E-state index in [0.717, 1.165) is 6.07 Å². The van der Waals surface area contributed by atoms with Crippen LogP contribution in [-0.2, 0) is 18.0 Å². The summed E-state index contributed by atoms with van der Waals surface area (Å²) >= 11 is 5.88. The van der Waals surface area contributed by atoms with Crippen LogP contribution in [0.5, 0.6) is 0 Å². The summed E-state index contributed by atoms with van der Waals surface area (Å²) in [6.07, 6.45) is -4.60. The van der Waals surface area contributed by atoms with Crippen LogP contribution in [0.3, 0.4) is 0 Å². The number of alkyl halides is 3. The van der Waals surface area contributed by atoms with Crippen molar-refractivity contribution in [3.8, 4) is 0 Å². The molecule has 3 N–H and O–H groups in total. The number of carbonyl (C=O) groups is 2. The fourth-order valence-electron chi connectivity index (χ4n) is 2.98. The Balaban J connectivity index is 2.08. The molecule has 11 heteroatoms. The molecule has 1 aliphatic rings. The van der Waals surface area contributed by atoms with Gasteiger partial charge in [-0.1, -0.05) is 23.7 Å². The second-order valence-electron chi connectivity index (χ2n) is 6.09. The van der Waals surface area contributed by atoms with Gasteiger partial charge in [0.1, 0.15) is 17.8 Å². The third-order valence-corrected chi connectivity index (χ3v) is 4.50. The van der Waals surface area contributed by atoms with Gasteiger partial charge in [0.2, 0.25) is 5.91 Å². The highest BCUT2D eigenvalue weighted by molar-refractivity contribution is 6.30. The summed E-state index contributed by atoms with van der Waals surface area (Å²) in [5.74, 6) is -0.738. The Kier molecular flexibility index (Phi) is 4.77. The van der Waals surface area contributed by atoms with E-state index in [2.05, 4.69) is 10.4 Å². The molecule has 144 valence electrons. The van der Waals surface area contributed by atoms with Gasteiger partial charge in [0, 0.05) is 12.1 Å². The Bertz CT molecular complexity index is 881. The maximum atomic E-state index is 13.2. The number of rotatable bonds is 4.